The zero-order valence-electron chi connectivity index (χ0n) is 18.0. The highest BCUT2D eigenvalue weighted by atomic mass is 35.5. The first-order chi connectivity index (χ1) is 15.9. The number of hydrogen-bond acceptors (Lipinski definition) is 7. The van der Waals surface area contributed by atoms with Gasteiger partial charge in [0.05, 0.1) is 30.7 Å². The van der Waals surface area contributed by atoms with Crippen LogP contribution in [0.1, 0.15) is 19.8 Å². The first-order valence-electron chi connectivity index (χ1n) is 10.6. The molecule has 1 N–H and O–H groups in total. The number of aromatic nitrogens is 4. The second kappa shape index (κ2) is 9.80. The maximum Gasteiger partial charge on any atom is 0.292 e. The summed E-state index contributed by atoms with van der Waals surface area (Å²) < 4.78 is 34.2. The van der Waals surface area contributed by atoms with Crippen LogP contribution in [0.25, 0.3) is 5.69 Å². The lowest BCUT2D eigenvalue weighted by Crippen LogP contribution is -2.40. The molecule has 0 aliphatic carbocycles. The minimum absolute atomic E-state index is 0.00669. The van der Waals surface area contributed by atoms with E-state index in [1.54, 1.807) is 24.3 Å². The van der Waals surface area contributed by atoms with E-state index in [4.69, 9.17) is 16.3 Å². The summed E-state index contributed by atoms with van der Waals surface area (Å²) in [6.45, 7) is 3.04. The molecule has 0 saturated carbocycles. The number of hydrogen-bond donors (Lipinski definition) is 1. The van der Waals surface area contributed by atoms with E-state index in [-0.39, 0.29) is 23.9 Å². The molecule has 2 aromatic heterocycles. The third-order valence-corrected chi connectivity index (χ3v) is 5.77. The molecule has 8 nitrogen and oxygen atoms in total. The maximum absolute atomic E-state index is 14.7. The van der Waals surface area contributed by atoms with Gasteiger partial charge < -0.3 is 15.0 Å². The zero-order valence-corrected chi connectivity index (χ0v) is 18.7. The molecule has 174 valence electrons. The molecular weight excluding hydrogens is 454 g/mol. The monoisotopic (exact) mass is 476 g/mol. The Morgan fingerprint density at radius 1 is 1.24 bits per heavy atom. The largest absolute Gasteiger partial charge is 0.379 e. The van der Waals surface area contributed by atoms with E-state index in [9.17, 15) is 13.6 Å². The second-order valence-corrected chi connectivity index (χ2v) is 8.10. The van der Waals surface area contributed by atoms with E-state index in [1.807, 2.05) is 11.8 Å². The Labute approximate surface area is 194 Å². The number of ether oxygens (including phenoxy) is 1. The first-order valence-corrected chi connectivity index (χ1v) is 10.9. The molecule has 1 aromatic carbocycles. The summed E-state index contributed by atoms with van der Waals surface area (Å²) in [7, 11) is 0. The second-order valence-electron chi connectivity index (χ2n) is 7.72. The predicted octanol–water partition coefficient (Wildman–Crippen LogP) is 3.90. The number of halogens is 3. The lowest BCUT2D eigenvalue weighted by Gasteiger charge is -2.29. The Kier molecular flexibility index (Phi) is 6.85. The summed E-state index contributed by atoms with van der Waals surface area (Å²) in [6, 6.07) is 9.78. The van der Waals surface area contributed by atoms with Gasteiger partial charge in [-0.15, -0.1) is 10.2 Å². The Hall–Kier alpha value is -3.11. The number of alkyl halides is 1. The summed E-state index contributed by atoms with van der Waals surface area (Å²) in [5.41, 5.74) is -0.487. The minimum Gasteiger partial charge on any atom is -0.379 e. The third kappa shape index (κ3) is 5.12. The molecule has 3 heterocycles. The number of anilines is 3. The van der Waals surface area contributed by atoms with Crippen LogP contribution >= 0.6 is 11.6 Å². The van der Waals surface area contributed by atoms with Gasteiger partial charge in [0.15, 0.2) is 11.5 Å². The van der Waals surface area contributed by atoms with Gasteiger partial charge >= 0.3 is 0 Å². The van der Waals surface area contributed by atoms with Crippen LogP contribution in [0.2, 0.25) is 5.02 Å². The molecule has 33 heavy (non-hydrogen) atoms. The lowest BCUT2D eigenvalue weighted by molar-refractivity contribution is -0.0234. The molecule has 0 bridgehead atoms. The van der Waals surface area contributed by atoms with Gasteiger partial charge in [-0.1, -0.05) is 11.6 Å². The summed E-state index contributed by atoms with van der Waals surface area (Å²) >= 11 is 6.26. The van der Waals surface area contributed by atoms with Gasteiger partial charge in [-0.3, -0.25) is 4.79 Å². The van der Waals surface area contributed by atoms with Gasteiger partial charge in [0.2, 0.25) is 5.95 Å². The molecule has 0 amide bonds. The van der Waals surface area contributed by atoms with Gasteiger partial charge in [-0.25, -0.2) is 4.39 Å². The van der Waals surface area contributed by atoms with Gasteiger partial charge in [-0.2, -0.15) is 14.2 Å². The topological polar surface area (TPSA) is 85.2 Å². The Morgan fingerprint density at radius 2 is 2.03 bits per heavy atom. The van der Waals surface area contributed by atoms with Crippen molar-refractivity contribution in [2.24, 2.45) is 0 Å². The van der Waals surface area contributed by atoms with E-state index in [1.165, 1.54) is 23.0 Å². The molecule has 0 radical (unpaired) electrons. The van der Waals surface area contributed by atoms with Crippen molar-refractivity contribution in [3.63, 3.8) is 0 Å². The number of nitrogens with zero attached hydrogens (tertiary/aromatic N) is 5. The average Bonchev–Trinajstić information content (AvgIpc) is 2.83. The van der Waals surface area contributed by atoms with Crippen LogP contribution in [0, 0.1) is 5.95 Å². The van der Waals surface area contributed by atoms with Crippen LogP contribution in [-0.2, 0) is 4.74 Å². The van der Waals surface area contributed by atoms with E-state index >= 15 is 0 Å². The molecule has 4 rings (SSSR count). The van der Waals surface area contributed by atoms with Crippen molar-refractivity contribution in [1.29, 1.82) is 0 Å². The standard InChI is InChI=1S/C22H23ClF2N6O2/c1-2-30(19-9-8-18(24)28-29-19)15-4-6-16(7-5-15)31-21(32)20(23)17(12-27-31)26-13-22(25)10-3-11-33-14-22/h4-9,12,26H,2-3,10-11,13-14H2,1H3/t22-/m1/s1. The lowest BCUT2D eigenvalue weighted by atomic mass is 9.99. The fraction of sp³-hybridized carbons (Fsp3) is 0.364. The van der Waals surface area contributed by atoms with Crippen molar-refractivity contribution >= 4 is 28.8 Å². The van der Waals surface area contributed by atoms with Crippen LogP contribution in [0.5, 0.6) is 0 Å². The zero-order chi connectivity index (χ0) is 23.4. The average molecular weight is 477 g/mol. The molecule has 1 aliphatic rings. The van der Waals surface area contributed by atoms with E-state index in [2.05, 4.69) is 20.6 Å². The predicted molar refractivity (Wildman–Crippen MR) is 122 cm³/mol. The molecular formula is C22H23ClF2N6O2. The number of rotatable bonds is 7. The molecule has 1 fully saturated rings. The first kappa shape index (κ1) is 23.1. The molecule has 1 saturated heterocycles. The normalized spacial score (nSPS) is 18.2. The smallest absolute Gasteiger partial charge is 0.292 e. The summed E-state index contributed by atoms with van der Waals surface area (Å²) in [6.07, 6.45) is 2.43. The van der Waals surface area contributed by atoms with E-state index in [0.717, 1.165) is 5.69 Å². The molecule has 11 heteroatoms. The van der Waals surface area contributed by atoms with Crippen molar-refractivity contribution in [3.8, 4) is 5.69 Å². The molecule has 1 aliphatic heterocycles. The van der Waals surface area contributed by atoms with Gasteiger partial charge in [-0.05, 0) is 56.2 Å². The van der Waals surface area contributed by atoms with Gasteiger partial charge in [0.1, 0.15) is 5.02 Å². The SMILES string of the molecule is CCN(c1ccc(-n2ncc(NC[C@]3(F)CCCOC3)c(Cl)c2=O)cc1)c1ccc(F)nn1. The van der Waals surface area contributed by atoms with Crippen LogP contribution < -0.4 is 15.8 Å². The molecule has 3 aromatic rings. The van der Waals surface area contributed by atoms with Crippen molar-refractivity contribution in [1.82, 2.24) is 20.0 Å². The fourth-order valence-corrected chi connectivity index (χ4v) is 3.85. The highest BCUT2D eigenvalue weighted by Crippen LogP contribution is 2.26. The summed E-state index contributed by atoms with van der Waals surface area (Å²) in [5.74, 6) is -0.159. The van der Waals surface area contributed by atoms with Crippen molar-refractivity contribution in [2.45, 2.75) is 25.4 Å². The van der Waals surface area contributed by atoms with Crippen molar-refractivity contribution in [3.05, 3.63) is 63.9 Å². The highest BCUT2D eigenvalue weighted by molar-refractivity contribution is 6.32. The van der Waals surface area contributed by atoms with Gasteiger partial charge in [0.25, 0.3) is 5.56 Å². The third-order valence-electron chi connectivity index (χ3n) is 5.41. The molecule has 0 unspecified atom stereocenters. The fourth-order valence-electron chi connectivity index (χ4n) is 3.65. The Balaban J connectivity index is 1.52. The van der Waals surface area contributed by atoms with Crippen LogP contribution in [0.3, 0.4) is 0 Å². The minimum atomic E-state index is -1.51. The quantitative estimate of drug-likeness (QED) is 0.553. The van der Waals surface area contributed by atoms with E-state index < -0.39 is 17.2 Å². The van der Waals surface area contributed by atoms with Crippen LogP contribution in [0.15, 0.2) is 47.4 Å². The highest BCUT2D eigenvalue weighted by Gasteiger charge is 2.32. The van der Waals surface area contributed by atoms with Crippen LogP contribution in [0.4, 0.5) is 26.0 Å². The maximum atomic E-state index is 14.7. The summed E-state index contributed by atoms with van der Waals surface area (Å²) in [5, 5.41) is 14.3. The number of nitrogens with one attached hydrogen (secondary N) is 1. The van der Waals surface area contributed by atoms with Crippen molar-refractivity contribution < 1.29 is 13.5 Å². The van der Waals surface area contributed by atoms with E-state index in [0.29, 0.717) is 37.5 Å². The van der Waals surface area contributed by atoms with Gasteiger partial charge in [0, 0.05) is 18.8 Å². The number of benzene rings is 1. The molecule has 1 atom stereocenters. The van der Waals surface area contributed by atoms with Crippen molar-refractivity contribution in [2.75, 3.05) is 36.5 Å². The Bertz CT molecular complexity index is 1150. The van der Waals surface area contributed by atoms with Crippen LogP contribution in [-0.4, -0.2) is 51.9 Å². The summed E-state index contributed by atoms with van der Waals surface area (Å²) in [4.78, 5) is 14.6. The molecule has 0 spiro atoms. The Morgan fingerprint density at radius 3 is 2.67 bits per heavy atom.